The second-order valence-corrected chi connectivity index (χ2v) is 22.8. The number of amides is 1. The Labute approximate surface area is 529 Å². The molecule has 0 spiro atoms. The van der Waals surface area contributed by atoms with Crippen molar-refractivity contribution in [1.29, 1.82) is 0 Å². The normalized spacial score (nSPS) is 19.3. The largest absolute Gasteiger partial charge is 0.454 e. The second kappa shape index (κ2) is 61.5. The number of hydrogen-bond donors (Lipinski definition) is 6. The molecule has 1 saturated heterocycles. The molecule has 0 aromatic heterocycles. The molecular weight excluding hydrogens is 1090 g/mol. The second-order valence-electron chi connectivity index (χ2n) is 22.8. The maximum atomic E-state index is 13.5. The molecule has 8 atom stereocenters. The van der Waals surface area contributed by atoms with Crippen LogP contribution in [0.1, 0.15) is 245 Å². The summed E-state index contributed by atoms with van der Waals surface area (Å²) < 4.78 is 17.6. The maximum Gasteiger partial charge on any atom is 0.306 e. The monoisotopic (exact) mass is 1210 g/mol. The van der Waals surface area contributed by atoms with Gasteiger partial charge in [-0.15, -0.1) is 0 Å². The van der Waals surface area contributed by atoms with E-state index in [0.717, 1.165) is 141 Å². The number of carbonyl (C=O) groups excluding carboxylic acids is 2. The van der Waals surface area contributed by atoms with Gasteiger partial charge >= 0.3 is 5.97 Å². The summed E-state index contributed by atoms with van der Waals surface area (Å²) in [5.41, 5.74) is 0. The number of aliphatic hydroxyl groups excluding tert-OH is 5. The molecule has 492 valence electrons. The molecule has 0 aromatic rings. The molecule has 0 aliphatic carbocycles. The zero-order valence-corrected chi connectivity index (χ0v) is 54.6. The molecule has 8 unspecified atom stereocenters. The van der Waals surface area contributed by atoms with Crippen LogP contribution < -0.4 is 5.32 Å². The van der Waals surface area contributed by atoms with Crippen LogP contribution in [0.15, 0.2) is 158 Å². The minimum absolute atomic E-state index is 0.0113. The van der Waals surface area contributed by atoms with Crippen LogP contribution in [0, 0.1) is 0 Å². The Morgan fingerprint density at radius 2 is 0.828 bits per heavy atom. The van der Waals surface area contributed by atoms with E-state index in [0.29, 0.717) is 19.3 Å². The Hall–Kier alpha value is -4.72. The Balaban J connectivity index is 2.67. The van der Waals surface area contributed by atoms with Crippen LogP contribution in [-0.4, -0.2) is 99.6 Å². The molecule has 11 heteroatoms. The predicted octanol–water partition coefficient (Wildman–Crippen LogP) is 17.5. The lowest BCUT2D eigenvalue weighted by Crippen LogP contribution is -2.61. The minimum atomic E-state index is -1.66. The lowest BCUT2D eigenvalue weighted by atomic mass is 9.99. The van der Waals surface area contributed by atoms with Gasteiger partial charge in [0, 0.05) is 6.42 Å². The minimum Gasteiger partial charge on any atom is -0.454 e. The van der Waals surface area contributed by atoms with Gasteiger partial charge in [0.2, 0.25) is 5.91 Å². The fourth-order valence-corrected chi connectivity index (χ4v) is 9.62. The van der Waals surface area contributed by atoms with E-state index in [1.807, 2.05) is 18.2 Å². The number of unbranched alkanes of at least 4 members (excludes halogenated alkanes) is 18. The SMILES string of the molecule is CC/C=C\C/C=C\C/C=C\C/C=C\C/C=C\C/C=C\CCCCCCCCCC(O)C(=O)NC(COC1OC(CO)C(O)C(O)C1OC(=O)CC/C=C\C/C=C\C/C=C\C/C=C\C/C=C\C/C=C\CC)C(O)/C=C/CCCCCCCCCCCCC. The highest BCUT2D eigenvalue weighted by molar-refractivity contribution is 5.80. The van der Waals surface area contributed by atoms with Crippen molar-refractivity contribution >= 4 is 11.9 Å². The Bertz CT molecular complexity index is 2020. The quantitative estimate of drug-likeness (QED) is 0.0195. The summed E-state index contributed by atoms with van der Waals surface area (Å²) in [6.45, 7) is 5.52. The van der Waals surface area contributed by atoms with E-state index in [1.165, 1.54) is 51.4 Å². The molecule has 87 heavy (non-hydrogen) atoms. The average Bonchev–Trinajstić information content (AvgIpc) is 1.52. The molecule has 1 heterocycles. The van der Waals surface area contributed by atoms with Gasteiger partial charge in [-0.2, -0.15) is 0 Å². The standard InChI is InChI=1S/C76H123NO10/c1-4-7-10-13-16-19-22-25-27-29-31-32-33-34-35-36-37-39-40-42-45-48-51-54-57-60-63-69(80)75(84)77-67(68(79)62-59-56-53-50-47-44-24-21-18-15-12-9-6-3)66-85-76-74(73(83)72(82)70(65-78)86-76)87-71(81)64-61-58-55-52-49-46-43-41-38-30-28-26-23-20-17-14-11-8-5-2/h7-8,10-11,16-17,19-20,25-28,31-32,34-35,37-39,41,46,49,55,58-59,62,67-70,72-74,76,78-80,82-83H,4-6,9,12-15,18,21-24,29-30,33,36,40,42-45,47-48,50-54,56-57,60-61,63-66H2,1-3H3,(H,77,84)/b10-7-,11-8-,19-16-,20-17-,27-25-,28-26-,32-31-,35-34-,39-37-,41-38-,49-46-,58-55-,62-59+. The van der Waals surface area contributed by atoms with E-state index in [9.17, 15) is 35.1 Å². The first-order valence-electron chi connectivity index (χ1n) is 34.3. The van der Waals surface area contributed by atoms with Crippen LogP contribution in [0.5, 0.6) is 0 Å². The molecule has 1 fully saturated rings. The number of allylic oxidation sites excluding steroid dienone is 25. The lowest BCUT2D eigenvalue weighted by Gasteiger charge is -2.41. The fourth-order valence-electron chi connectivity index (χ4n) is 9.62. The Morgan fingerprint density at radius 1 is 0.460 bits per heavy atom. The fraction of sp³-hybridized carbons (Fsp3) is 0.632. The van der Waals surface area contributed by atoms with Crippen molar-refractivity contribution in [2.45, 2.75) is 294 Å². The first kappa shape index (κ1) is 80.3. The summed E-state index contributed by atoms with van der Waals surface area (Å²) in [4.78, 5) is 26.6. The van der Waals surface area contributed by atoms with Crippen molar-refractivity contribution in [2.24, 2.45) is 0 Å². The zero-order chi connectivity index (χ0) is 63.1. The van der Waals surface area contributed by atoms with E-state index in [1.54, 1.807) is 6.08 Å². The van der Waals surface area contributed by atoms with Crippen LogP contribution in [0.4, 0.5) is 0 Å². The lowest BCUT2D eigenvalue weighted by molar-refractivity contribution is -0.305. The number of nitrogens with one attached hydrogen (secondary N) is 1. The summed E-state index contributed by atoms with van der Waals surface area (Å²) in [7, 11) is 0. The van der Waals surface area contributed by atoms with Gasteiger partial charge in [0.15, 0.2) is 12.4 Å². The van der Waals surface area contributed by atoms with E-state index in [2.05, 4.69) is 160 Å². The smallest absolute Gasteiger partial charge is 0.306 e. The number of ether oxygens (including phenoxy) is 3. The van der Waals surface area contributed by atoms with Crippen molar-refractivity contribution in [1.82, 2.24) is 5.32 Å². The molecule has 0 bridgehead atoms. The van der Waals surface area contributed by atoms with Gasteiger partial charge < -0.3 is 45.1 Å². The Morgan fingerprint density at radius 3 is 1.24 bits per heavy atom. The van der Waals surface area contributed by atoms with Crippen molar-refractivity contribution < 1.29 is 49.3 Å². The van der Waals surface area contributed by atoms with E-state index >= 15 is 0 Å². The Kier molecular flexibility index (Phi) is 56.8. The highest BCUT2D eigenvalue weighted by Crippen LogP contribution is 2.26. The van der Waals surface area contributed by atoms with Crippen molar-refractivity contribution in [3.05, 3.63) is 158 Å². The van der Waals surface area contributed by atoms with Crippen LogP contribution >= 0.6 is 0 Å². The zero-order valence-electron chi connectivity index (χ0n) is 54.6. The first-order valence-corrected chi connectivity index (χ1v) is 34.3. The molecule has 6 N–H and O–H groups in total. The molecular formula is C76H123NO10. The van der Waals surface area contributed by atoms with Gasteiger partial charge in [-0.3, -0.25) is 9.59 Å². The van der Waals surface area contributed by atoms with Gasteiger partial charge in [-0.25, -0.2) is 0 Å². The average molecular weight is 1210 g/mol. The van der Waals surface area contributed by atoms with Gasteiger partial charge in [-0.05, 0) is 116 Å². The van der Waals surface area contributed by atoms with Gasteiger partial charge in [0.1, 0.15) is 24.4 Å². The molecule has 0 aromatic carbocycles. The number of carbonyl (C=O) groups is 2. The van der Waals surface area contributed by atoms with Crippen LogP contribution in [0.3, 0.4) is 0 Å². The van der Waals surface area contributed by atoms with E-state index in [4.69, 9.17) is 14.2 Å². The number of esters is 1. The van der Waals surface area contributed by atoms with Crippen LogP contribution in [-0.2, 0) is 23.8 Å². The molecule has 1 aliphatic heterocycles. The molecule has 1 amide bonds. The topological polar surface area (TPSA) is 175 Å². The molecule has 1 aliphatic rings. The third-order valence-corrected chi connectivity index (χ3v) is 14.9. The summed E-state index contributed by atoms with van der Waals surface area (Å²) >= 11 is 0. The van der Waals surface area contributed by atoms with Crippen molar-refractivity contribution in [2.75, 3.05) is 13.2 Å². The number of hydrogen-bond acceptors (Lipinski definition) is 10. The summed E-state index contributed by atoms with van der Waals surface area (Å²) in [5.74, 6) is -1.30. The van der Waals surface area contributed by atoms with Crippen molar-refractivity contribution in [3.63, 3.8) is 0 Å². The number of rotatable bonds is 56. The highest BCUT2D eigenvalue weighted by Gasteiger charge is 2.47. The molecule has 0 radical (unpaired) electrons. The highest BCUT2D eigenvalue weighted by atomic mass is 16.7. The van der Waals surface area contributed by atoms with Crippen LogP contribution in [0.2, 0.25) is 0 Å². The molecule has 1 rings (SSSR count). The van der Waals surface area contributed by atoms with Gasteiger partial charge in [-0.1, -0.05) is 281 Å². The predicted molar refractivity (Wildman–Crippen MR) is 365 cm³/mol. The summed E-state index contributed by atoms with van der Waals surface area (Å²) in [6.07, 6.45) is 80.0. The van der Waals surface area contributed by atoms with E-state index in [-0.39, 0.29) is 19.4 Å². The molecule has 11 nitrogen and oxygen atoms in total. The van der Waals surface area contributed by atoms with Gasteiger partial charge in [0.05, 0.1) is 25.4 Å². The third-order valence-electron chi connectivity index (χ3n) is 14.9. The molecule has 0 saturated carbocycles. The maximum absolute atomic E-state index is 13.5. The van der Waals surface area contributed by atoms with Gasteiger partial charge in [0.25, 0.3) is 0 Å². The van der Waals surface area contributed by atoms with Crippen LogP contribution in [0.25, 0.3) is 0 Å². The van der Waals surface area contributed by atoms with Crippen molar-refractivity contribution in [3.8, 4) is 0 Å². The summed E-state index contributed by atoms with van der Waals surface area (Å²) in [6, 6.07) is -1.06. The summed E-state index contributed by atoms with van der Waals surface area (Å²) in [5, 5.41) is 57.2. The van der Waals surface area contributed by atoms with E-state index < -0.39 is 67.4 Å². The third kappa shape index (κ3) is 48.8. The number of aliphatic hydroxyl groups is 5. The first-order chi connectivity index (χ1) is 42.7.